The van der Waals surface area contributed by atoms with Crippen LogP contribution in [0.4, 0.5) is 5.00 Å². The molecule has 0 spiro atoms. The minimum atomic E-state index is -1.33. The number of hydrogen-bond acceptors (Lipinski definition) is 5. The molecule has 4 nitrogen and oxygen atoms in total. The van der Waals surface area contributed by atoms with Crippen molar-refractivity contribution in [1.29, 1.82) is 0 Å². The molecule has 2 heterocycles. The average Bonchev–Trinajstić information content (AvgIpc) is 3.16. The third-order valence-corrected chi connectivity index (χ3v) is 5.26. The lowest BCUT2D eigenvalue weighted by Gasteiger charge is -2.09. The Hall–Kier alpha value is -2.15. The summed E-state index contributed by atoms with van der Waals surface area (Å²) in [5.74, 6) is -1.79. The predicted octanol–water partition coefficient (Wildman–Crippen LogP) is 3.75. The van der Waals surface area contributed by atoms with E-state index >= 15 is 0 Å². The summed E-state index contributed by atoms with van der Waals surface area (Å²) in [4.78, 5) is 24.6. The number of anilines is 1. The van der Waals surface area contributed by atoms with Crippen molar-refractivity contribution in [2.75, 3.05) is 5.32 Å². The molecule has 0 atom stereocenters. The molecule has 0 radical (unpaired) electrons. The standard InChI is InChI=1S/C16H10ClNO3S2/c17-11-5-2-1-4-9(11)14(19)18-15-13(16(20)21)10(8-23-15)12-6-3-7-22-12/h1-8H,(H,18,19)(H,20,21)/p-1. The smallest absolute Gasteiger partial charge is 0.257 e. The molecular formula is C16H9ClNO3S2-. The van der Waals surface area contributed by atoms with Crippen molar-refractivity contribution >= 4 is 51.2 Å². The second kappa shape index (κ2) is 6.54. The highest BCUT2D eigenvalue weighted by molar-refractivity contribution is 7.17. The van der Waals surface area contributed by atoms with E-state index in [1.54, 1.807) is 29.6 Å². The quantitative estimate of drug-likeness (QED) is 0.768. The number of rotatable bonds is 4. The number of thiophene rings is 2. The molecule has 1 amide bonds. The Labute approximate surface area is 145 Å². The van der Waals surface area contributed by atoms with Crippen LogP contribution in [0.15, 0.2) is 47.2 Å². The van der Waals surface area contributed by atoms with Gasteiger partial charge in [0.1, 0.15) is 5.00 Å². The Morgan fingerprint density at radius 2 is 1.87 bits per heavy atom. The number of benzene rings is 1. The van der Waals surface area contributed by atoms with Crippen molar-refractivity contribution in [3.8, 4) is 10.4 Å². The number of hydrogen-bond donors (Lipinski definition) is 1. The van der Waals surface area contributed by atoms with Crippen LogP contribution in [-0.4, -0.2) is 11.9 Å². The van der Waals surface area contributed by atoms with Gasteiger partial charge in [0.25, 0.3) is 5.91 Å². The zero-order valence-corrected chi connectivity index (χ0v) is 13.9. The van der Waals surface area contributed by atoms with Gasteiger partial charge in [0.05, 0.1) is 16.6 Å². The highest BCUT2D eigenvalue weighted by Gasteiger charge is 2.18. The van der Waals surface area contributed by atoms with E-state index in [4.69, 9.17) is 11.6 Å². The minimum Gasteiger partial charge on any atom is -0.545 e. The molecule has 0 saturated carbocycles. The maximum atomic E-state index is 12.3. The van der Waals surface area contributed by atoms with Crippen LogP contribution in [-0.2, 0) is 0 Å². The summed E-state index contributed by atoms with van der Waals surface area (Å²) < 4.78 is 0. The van der Waals surface area contributed by atoms with Crippen molar-refractivity contribution in [2.45, 2.75) is 0 Å². The lowest BCUT2D eigenvalue weighted by Crippen LogP contribution is -2.24. The number of carboxylic acid groups (broad SMARTS) is 1. The van der Waals surface area contributed by atoms with Gasteiger partial charge in [-0.2, -0.15) is 0 Å². The molecule has 3 rings (SSSR count). The number of amides is 1. The predicted molar refractivity (Wildman–Crippen MR) is 91.4 cm³/mol. The van der Waals surface area contributed by atoms with Crippen molar-refractivity contribution < 1.29 is 14.7 Å². The molecule has 2 aromatic heterocycles. The summed E-state index contributed by atoms with van der Waals surface area (Å²) in [5, 5.41) is 18.2. The molecule has 7 heteroatoms. The summed E-state index contributed by atoms with van der Waals surface area (Å²) in [6, 6.07) is 10.2. The first kappa shape index (κ1) is 15.7. The van der Waals surface area contributed by atoms with Gasteiger partial charge in [0.15, 0.2) is 0 Å². The van der Waals surface area contributed by atoms with E-state index in [-0.39, 0.29) is 16.1 Å². The molecule has 0 fully saturated rings. The number of carbonyl (C=O) groups is 2. The zero-order valence-electron chi connectivity index (χ0n) is 11.5. The van der Waals surface area contributed by atoms with Gasteiger partial charge >= 0.3 is 0 Å². The summed E-state index contributed by atoms with van der Waals surface area (Å²) in [7, 11) is 0. The average molecular weight is 363 g/mol. The van der Waals surface area contributed by atoms with Gasteiger partial charge in [-0.3, -0.25) is 4.79 Å². The fourth-order valence-electron chi connectivity index (χ4n) is 2.08. The molecule has 0 aliphatic rings. The van der Waals surface area contributed by atoms with Crippen LogP contribution in [0.25, 0.3) is 10.4 Å². The second-order valence-corrected chi connectivity index (χ2v) is 6.79. The first-order chi connectivity index (χ1) is 11.1. The number of nitrogens with one attached hydrogen (secondary N) is 1. The highest BCUT2D eigenvalue weighted by Crippen LogP contribution is 2.37. The normalized spacial score (nSPS) is 10.5. The van der Waals surface area contributed by atoms with Crippen LogP contribution in [0.2, 0.25) is 5.02 Å². The SMILES string of the molecule is O=C(Nc1scc(-c2cccs2)c1C(=O)[O-])c1ccccc1Cl. The molecule has 23 heavy (non-hydrogen) atoms. The van der Waals surface area contributed by atoms with E-state index in [1.807, 2.05) is 17.5 Å². The molecular weight excluding hydrogens is 354 g/mol. The molecule has 3 aromatic rings. The van der Waals surface area contributed by atoms with Gasteiger partial charge in [-0.25, -0.2) is 0 Å². The number of carbonyl (C=O) groups excluding carboxylic acids is 2. The van der Waals surface area contributed by atoms with E-state index in [1.165, 1.54) is 11.3 Å². The van der Waals surface area contributed by atoms with E-state index in [2.05, 4.69) is 5.32 Å². The Morgan fingerprint density at radius 1 is 1.09 bits per heavy atom. The molecule has 0 saturated heterocycles. The Morgan fingerprint density at radius 3 is 2.52 bits per heavy atom. The fourth-order valence-corrected chi connectivity index (χ4v) is 4.07. The molecule has 0 aliphatic carbocycles. The summed E-state index contributed by atoms with van der Waals surface area (Å²) in [6.45, 7) is 0. The van der Waals surface area contributed by atoms with Crippen molar-refractivity contribution in [1.82, 2.24) is 0 Å². The summed E-state index contributed by atoms with van der Waals surface area (Å²) in [6.07, 6.45) is 0. The van der Waals surface area contributed by atoms with Gasteiger partial charge in [-0.15, -0.1) is 22.7 Å². The van der Waals surface area contributed by atoms with Crippen LogP contribution in [0, 0.1) is 0 Å². The third kappa shape index (κ3) is 3.14. The Balaban J connectivity index is 1.97. The zero-order chi connectivity index (χ0) is 16.4. The maximum Gasteiger partial charge on any atom is 0.257 e. The van der Waals surface area contributed by atoms with Crippen molar-refractivity contribution in [2.24, 2.45) is 0 Å². The first-order valence-corrected chi connectivity index (χ1v) is 8.64. The number of aromatic carboxylic acids is 1. The van der Waals surface area contributed by atoms with Crippen LogP contribution in [0.1, 0.15) is 20.7 Å². The number of carboxylic acids is 1. The monoisotopic (exact) mass is 362 g/mol. The molecule has 0 unspecified atom stereocenters. The highest BCUT2D eigenvalue weighted by atomic mass is 35.5. The topological polar surface area (TPSA) is 69.2 Å². The molecule has 116 valence electrons. The van der Waals surface area contributed by atoms with Crippen LogP contribution < -0.4 is 10.4 Å². The van der Waals surface area contributed by atoms with E-state index in [0.717, 1.165) is 16.2 Å². The largest absolute Gasteiger partial charge is 0.545 e. The molecule has 0 bridgehead atoms. The van der Waals surface area contributed by atoms with E-state index in [0.29, 0.717) is 10.6 Å². The second-order valence-electron chi connectivity index (χ2n) is 4.55. The van der Waals surface area contributed by atoms with Gasteiger partial charge < -0.3 is 15.2 Å². The molecule has 1 aromatic carbocycles. The van der Waals surface area contributed by atoms with E-state index in [9.17, 15) is 14.7 Å². The Kier molecular flexibility index (Phi) is 4.47. The number of halogens is 1. The van der Waals surface area contributed by atoms with Gasteiger partial charge in [0.2, 0.25) is 0 Å². The van der Waals surface area contributed by atoms with Crippen LogP contribution >= 0.6 is 34.3 Å². The van der Waals surface area contributed by atoms with E-state index < -0.39 is 11.9 Å². The van der Waals surface area contributed by atoms with Gasteiger partial charge in [0, 0.05) is 21.4 Å². The van der Waals surface area contributed by atoms with Gasteiger partial charge in [-0.1, -0.05) is 29.8 Å². The van der Waals surface area contributed by atoms with Crippen molar-refractivity contribution in [3.05, 3.63) is 63.3 Å². The minimum absolute atomic E-state index is 0.0159. The van der Waals surface area contributed by atoms with Crippen LogP contribution in [0.5, 0.6) is 0 Å². The fraction of sp³-hybridized carbons (Fsp3) is 0. The Bertz CT molecular complexity index is 871. The van der Waals surface area contributed by atoms with Crippen molar-refractivity contribution in [3.63, 3.8) is 0 Å². The van der Waals surface area contributed by atoms with Crippen LogP contribution in [0.3, 0.4) is 0 Å². The van der Waals surface area contributed by atoms with Gasteiger partial charge in [-0.05, 0) is 23.6 Å². The summed E-state index contributed by atoms with van der Waals surface area (Å²) >= 11 is 8.55. The first-order valence-electron chi connectivity index (χ1n) is 6.50. The lowest BCUT2D eigenvalue weighted by molar-refractivity contribution is -0.254. The lowest BCUT2D eigenvalue weighted by atomic mass is 10.1. The third-order valence-electron chi connectivity index (χ3n) is 3.13. The molecule has 1 N–H and O–H groups in total. The summed E-state index contributed by atoms with van der Waals surface area (Å²) in [5.41, 5.74) is 0.807. The maximum absolute atomic E-state index is 12.3. The molecule has 0 aliphatic heterocycles.